The zero-order valence-electron chi connectivity index (χ0n) is 14.0. The van der Waals surface area contributed by atoms with E-state index in [1.165, 1.54) is 0 Å². The van der Waals surface area contributed by atoms with Crippen LogP contribution < -0.4 is 5.32 Å². The molecule has 0 aliphatic rings. The number of hydrogen-bond acceptors (Lipinski definition) is 4. The van der Waals surface area contributed by atoms with Gasteiger partial charge in [-0.3, -0.25) is 9.59 Å². The van der Waals surface area contributed by atoms with Gasteiger partial charge in [0, 0.05) is 24.4 Å². The summed E-state index contributed by atoms with van der Waals surface area (Å²) in [5.74, 6) is -1.03. The third-order valence-electron chi connectivity index (χ3n) is 3.94. The molecule has 2 rings (SSSR count). The standard InChI is InChI=1S/C18H21ClN2O4/c1-12-15(18(19)25-21-12)8-9-16(22)20-14(7-10-17(23)24)11-13-5-3-2-4-6-13/h2-6,14H,7-11H2,1H3,(H,20,22)(H,23,24). The maximum Gasteiger partial charge on any atom is 0.303 e. The molecule has 134 valence electrons. The first kappa shape index (κ1) is 19.0. The van der Waals surface area contributed by atoms with E-state index in [1.54, 1.807) is 6.92 Å². The minimum absolute atomic E-state index is 0.00830. The van der Waals surface area contributed by atoms with E-state index in [0.29, 0.717) is 25.0 Å². The largest absolute Gasteiger partial charge is 0.481 e. The molecule has 0 aliphatic carbocycles. The molecule has 25 heavy (non-hydrogen) atoms. The monoisotopic (exact) mass is 364 g/mol. The summed E-state index contributed by atoms with van der Waals surface area (Å²) in [5, 5.41) is 15.8. The highest BCUT2D eigenvalue weighted by Crippen LogP contribution is 2.20. The second kappa shape index (κ2) is 9.22. The summed E-state index contributed by atoms with van der Waals surface area (Å²) < 4.78 is 4.87. The topological polar surface area (TPSA) is 92.4 Å². The molecule has 1 atom stereocenters. The lowest BCUT2D eigenvalue weighted by Gasteiger charge is -2.18. The Balaban J connectivity index is 1.92. The smallest absolute Gasteiger partial charge is 0.303 e. The predicted molar refractivity (Wildman–Crippen MR) is 93.5 cm³/mol. The van der Waals surface area contributed by atoms with Gasteiger partial charge in [-0.1, -0.05) is 35.5 Å². The number of benzene rings is 1. The van der Waals surface area contributed by atoms with Gasteiger partial charge in [-0.15, -0.1) is 0 Å². The summed E-state index contributed by atoms with van der Waals surface area (Å²) >= 11 is 5.90. The minimum Gasteiger partial charge on any atom is -0.481 e. The van der Waals surface area contributed by atoms with Gasteiger partial charge in [0.25, 0.3) is 0 Å². The molecule has 0 spiro atoms. The Morgan fingerprint density at radius 3 is 2.60 bits per heavy atom. The number of carboxylic acids is 1. The lowest BCUT2D eigenvalue weighted by Crippen LogP contribution is -2.37. The fraction of sp³-hybridized carbons (Fsp3) is 0.389. The third kappa shape index (κ3) is 6.23. The summed E-state index contributed by atoms with van der Waals surface area (Å²) in [4.78, 5) is 23.1. The van der Waals surface area contributed by atoms with E-state index >= 15 is 0 Å². The number of aryl methyl sites for hydroxylation is 1. The van der Waals surface area contributed by atoms with Crippen LogP contribution in [0, 0.1) is 6.92 Å². The fourth-order valence-electron chi connectivity index (χ4n) is 2.60. The van der Waals surface area contributed by atoms with Crippen LogP contribution in [-0.4, -0.2) is 28.2 Å². The van der Waals surface area contributed by atoms with Crippen molar-refractivity contribution in [2.24, 2.45) is 0 Å². The van der Waals surface area contributed by atoms with Gasteiger partial charge >= 0.3 is 5.97 Å². The molecule has 0 fully saturated rings. The van der Waals surface area contributed by atoms with E-state index in [1.807, 2.05) is 30.3 Å². The first-order valence-electron chi connectivity index (χ1n) is 8.11. The van der Waals surface area contributed by atoms with Crippen molar-refractivity contribution in [2.75, 3.05) is 0 Å². The lowest BCUT2D eigenvalue weighted by atomic mass is 10.0. The molecule has 0 radical (unpaired) electrons. The van der Waals surface area contributed by atoms with Crippen molar-refractivity contribution in [3.8, 4) is 0 Å². The van der Waals surface area contributed by atoms with Gasteiger partial charge in [-0.05, 0) is 43.4 Å². The van der Waals surface area contributed by atoms with Crippen LogP contribution >= 0.6 is 11.6 Å². The Labute approximate surface area is 151 Å². The third-order valence-corrected chi connectivity index (χ3v) is 4.23. The summed E-state index contributed by atoms with van der Waals surface area (Å²) in [6.45, 7) is 1.77. The quantitative estimate of drug-likeness (QED) is 0.713. The zero-order valence-corrected chi connectivity index (χ0v) is 14.8. The van der Waals surface area contributed by atoms with Gasteiger partial charge in [0.2, 0.25) is 11.1 Å². The van der Waals surface area contributed by atoms with Crippen LogP contribution in [0.1, 0.15) is 36.1 Å². The molecular weight excluding hydrogens is 344 g/mol. The Kier molecular flexibility index (Phi) is 7.01. The van der Waals surface area contributed by atoms with Crippen LogP contribution in [0.4, 0.5) is 0 Å². The number of carboxylic acid groups (broad SMARTS) is 1. The van der Waals surface area contributed by atoms with Crippen molar-refractivity contribution in [3.63, 3.8) is 0 Å². The van der Waals surface area contributed by atoms with E-state index < -0.39 is 5.97 Å². The van der Waals surface area contributed by atoms with Crippen LogP contribution in [0.3, 0.4) is 0 Å². The first-order valence-corrected chi connectivity index (χ1v) is 8.49. The van der Waals surface area contributed by atoms with Gasteiger partial charge in [0.15, 0.2) is 0 Å². The molecular formula is C18H21ClN2O4. The number of nitrogens with zero attached hydrogens (tertiary/aromatic N) is 1. The fourth-order valence-corrected chi connectivity index (χ4v) is 2.87. The molecule has 1 heterocycles. The highest BCUT2D eigenvalue weighted by molar-refractivity contribution is 6.29. The second-order valence-electron chi connectivity index (χ2n) is 5.91. The van der Waals surface area contributed by atoms with E-state index in [0.717, 1.165) is 11.1 Å². The van der Waals surface area contributed by atoms with Crippen molar-refractivity contribution < 1.29 is 19.2 Å². The van der Waals surface area contributed by atoms with Crippen molar-refractivity contribution in [3.05, 3.63) is 52.4 Å². The Bertz CT molecular complexity index is 696. The summed E-state index contributed by atoms with van der Waals surface area (Å²) in [7, 11) is 0. The van der Waals surface area contributed by atoms with Crippen molar-refractivity contribution >= 4 is 23.5 Å². The number of aliphatic carboxylic acids is 1. The minimum atomic E-state index is -0.876. The summed E-state index contributed by atoms with van der Waals surface area (Å²) in [6, 6.07) is 9.44. The second-order valence-corrected chi connectivity index (χ2v) is 6.25. The average molecular weight is 365 g/mol. The summed E-state index contributed by atoms with van der Waals surface area (Å²) in [6.07, 6.45) is 1.64. The number of nitrogens with one attached hydrogen (secondary N) is 1. The van der Waals surface area contributed by atoms with Gasteiger partial charge in [0.05, 0.1) is 5.69 Å². The van der Waals surface area contributed by atoms with Crippen molar-refractivity contribution in [2.45, 2.75) is 45.1 Å². The van der Waals surface area contributed by atoms with E-state index in [9.17, 15) is 9.59 Å². The summed E-state index contributed by atoms with van der Waals surface area (Å²) in [5.41, 5.74) is 2.45. The molecule has 6 nitrogen and oxygen atoms in total. The molecule has 1 aromatic heterocycles. The van der Waals surface area contributed by atoms with E-state index in [2.05, 4.69) is 10.5 Å². The van der Waals surface area contributed by atoms with E-state index in [4.69, 9.17) is 21.2 Å². The van der Waals surface area contributed by atoms with Crippen LogP contribution in [0.5, 0.6) is 0 Å². The predicted octanol–water partition coefficient (Wildman–Crippen LogP) is 3.16. The highest BCUT2D eigenvalue weighted by Gasteiger charge is 2.17. The maximum absolute atomic E-state index is 12.3. The van der Waals surface area contributed by atoms with Gasteiger partial charge in [0.1, 0.15) is 0 Å². The molecule has 1 aromatic carbocycles. The van der Waals surface area contributed by atoms with Crippen LogP contribution in [0.15, 0.2) is 34.9 Å². The number of halogens is 1. The Hall–Kier alpha value is -2.34. The number of amides is 1. The van der Waals surface area contributed by atoms with Gasteiger partial charge < -0.3 is 14.9 Å². The van der Waals surface area contributed by atoms with Crippen LogP contribution in [0.25, 0.3) is 0 Å². The molecule has 0 saturated heterocycles. The average Bonchev–Trinajstić information content (AvgIpc) is 2.90. The molecule has 0 bridgehead atoms. The van der Waals surface area contributed by atoms with Gasteiger partial charge in [-0.25, -0.2) is 0 Å². The number of carbonyl (C=O) groups excluding carboxylic acids is 1. The molecule has 7 heteroatoms. The molecule has 1 unspecified atom stereocenters. The zero-order chi connectivity index (χ0) is 18.2. The Morgan fingerprint density at radius 2 is 2.00 bits per heavy atom. The first-order chi connectivity index (χ1) is 12.0. The van der Waals surface area contributed by atoms with Crippen molar-refractivity contribution in [1.29, 1.82) is 0 Å². The molecule has 2 N–H and O–H groups in total. The molecule has 1 amide bonds. The van der Waals surface area contributed by atoms with Crippen LogP contribution in [0.2, 0.25) is 5.22 Å². The molecule has 0 saturated carbocycles. The lowest BCUT2D eigenvalue weighted by molar-refractivity contribution is -0.137. The van der Waals surface area contributed by atoms with Crippen LogP contribution in [-0.2, 0) is 22.4 Å². The highest BCUT2D eigenvalue weighted by atomic mass is 35.5. The van der Waals surface area contributed by atoms with Crippen molar-refractivity contribution in [1.82, 2.24) is 10.5 Å². The number of hydrogen-bond donors (Lipinski definition) is 2. The Morgan fingerprint density at radius 1 is 1.28 bits per heavy atom. The number of carbonyl (C=O) groups is 2. The normalized spacial score (nSPS) is 11.9. The SMILES string of the molecule is Cc1noc(Cl)c1CCC(=O)NC(CCC(=O)O)Cc1ccccc1. The molecule has 2 aromatic rings. The van der Waals surface area contributed by atoms with Gasteiger partial charge in [-0.2, -0.15) is 0 Å². The maximum atomic E-state index is 12.3. The number of aromatic nitrogens is 1. The number of rotatable bonds is 9. The van der Waals surface area contributed by atoms with E-state index in [-0.39, 0.29) is 30.0 Å². The molecule has 0 aliphatic heterocycles.